The van der Waals surface area contributed by atoms with Crippen LogP contribution in [0.15, 0.2) is 36.4 Å². The Morgan fingerprint density at radius 3 is 2.45 bits per heavy atom. The number of hydrogen-bond acceptors (Lipinski definition) is 7. The molecule has 1 atom stereocenters. The van der Waals surface area contributed by atoms with Gasteiger partial charge in [-0.15, -0.1) is 11.3 Å². The number of rotatable bonds is 9. The van der Waals surface area contributed by atoms with E-state index in [1.165, 1.54) is 35.2 Å². The van der Waals surface area contributed by atoms with Crippen LogP contribution >= 0.6 is 11.3 Å². The van der Waals surface area contributed by atoms with Gasteiger partial charge >= 0.3 is 29.6 Å². The Labute approximate surface area is 272 Å². The molecule has 1 fully saturated rings. The van der Waals surface area contributed by atoms with E-state index in [2.05, 4.69) is 12.2 Å². The van der Waals surface area contributed by atoms with Crippen molar-refractivity contribution in [2.45, 2.75) is 65.3 Å². The average molecular weight is 598 g/mol. The number of hydrogen-bond donors (Lipinski definition) is 1. The Kier molecular flexibility index (Phi) is 10.4. The van der Waals surface area contributed by atoms with E-state index in [-0.39, 0.29) is 41.2 Å². The zero-order chi connectivity index (χ0) is 29.3. The summed E-state index contributed by atoms with van der Waals surface area (Å²) >= 11 is 1.47. The number of methoxy groups -OCH3 is 2. The molecule has 1 aliphatic rings. The van der Waals surface area contributed by atoms with Crippen LogP contribution in [0.4, 0.5) is 5.13 Å². The minimum absolute atomic E-state index is 0. The third kappa shape index (κ3) is 6.54. The average Bonchev–Trinajstić information content (AvgIpc) is 3.53. The molecule has 5 rings (SSSR count). The van der Waals surface area contributed by atoms with Gasteiger partial charge in [0.05, 0.1) is 32.4 Å². The summed E-state index contributed by atoms with van der Waals surface area (Å²) in [5.74, 6) is 0.491. The molecule has 1 N–H and O–H groups in total. The van der Waals surface area contributed by atoms with Gasteiger partial charge < -0.3 is 23.9 Å². The predicted octanol–water partition coefficient (Wildman–Crippen LogP) is 3.09. The Morgan fingerprint density at radius 1 is 1.07 bits per heavy atom. The van der Waals surface area contributed by atoms with Crippen molar-refractivity contribution in [3.8, 4) is 22.8 Å². The molecule has 4 aromatic rings. The van der Waals surface area contributed by atoms with Crippen molar-refractivity contribution in [3.05, 3.63) is 58.1 Å². The van der Waals surface area contributed by atoms with Crippen molar-refractivity contribution in [1.29, 1.82) is 0 Å². The Hall–Kier alpha value is -2.85. The second-order valence-corrected chi connectivity index (χ2v) is 12.0. The first-order valence-corrected chi connectivity index (χ1v) is 14.9. The zero-order valence-electron chi connectivity index (χ0n) is 25.2. The van der Waals surface area contributed by atoms with E-state index in [4.69, 9.17) is 14.5 Å². The molecule has 216 valence electrons. The molecule has 2 aromatic heterocycles. The Bertz CT molecular complexity index is 1610. The largest absolute Gasteiger partial charge is 1.00 e. The summed E-state index contributed by atoms with van der Waals surface area (Å²) in [6.45, 7) is 5.74. The van der Waals surface area contributed by atoms with Crippen molar-refractivity contribution in [2.24, 2.45) is 5.92 Å². The molecule has 1 unspecified atom stereocenters. The predicted molar refractivity (Wildman–Crippen MR) is 160 cm³/mol. The molecule has 8 nitrogen and oxygen atoms in total. The van der Waals surface area contributed by atoms with Crippen molar-refractivity contribution in [3.63, 3.8) is 0 Å². The molecule has 42 heavy (non-hydrogen) atoms. The number of nitrogens with one attached hydrogen (secondary N) is 1. The molecular formula is C32H36N3NaO5S. The van der Waals surface area contributed by atoms with Crippen molar-refractivity contribution in [1.82, 2.24) is 9.55 Å². The van der Waals surface area contributed by atoms with E-state index >= 15 is 0 Å². The molecule has 2 aromatic carbocycles. The van der Waals surface area contributed by atoms with Crippen LogP contribution < -0.4 is 49.5 Å². The van der Waals surface area contributed by atoms with Crippen LogP contribution in [0.3, 0.4) is 0 Å². The number of amides is 1. The van der Waals surface area contributed by atoms with Crippen LogP contribution in [0.5, 0.6) is 11.5 Å². The van der Waals surface area contributed by atoms with E-state index in [0.29, 0.717) is 22.3 Å². The van der Waals surface area contributed by atoms with E-state index in [9.17, 15) is 14.7 Å². The second kappa shape index (κ2) is 13.6. The molecule has 0 radical (unpaired) electrons. The fourth-order valence-corrected chi connectivity index (χ4v) is 7.13. The van der Waals surface area contributed by atoms with Gasteiger partial charge in [-0.1, -0.05) is 37.8 Å². The van der Waals surface area contributed by atoms with Gasteiger partial charge in [-0.25, -0.2) is 4.98 Å². The van der Waals surface area contributed by atoms with Gasteiger partial charge in [-0.3, -0.25) is 10.1 Å². The number of ether oxygens (including phenoxy) is 2. The third-order valence-corrected chi connectivity index (χ3v) is 9.36. The molecule has 1 amide bonds. The van der Waals surface area contributed by atoms with Crippen molar-refractivity contribution < 1.29 is 53.7 Å². The van der Waals surface area contributed by atoms with E-state index in [0.717, 1.165) is 51.2 Å². The van der Waals surface area contributed by atoms with E-state index < -0.39 is 18.4 Å². The number of carboxylic acids is 1. The van der Waals surface area contributed by atoms with Gasteiger partial charge in [-0.2, -0.15) is 0 Å². The fourth-order valence-electron chi connectivity index (χ4n) is 6.01. The summed E-state index contributed by atoms with van der Waals surface area (Å²) in [4.78, 5) is 31.3. The van der Waals surface area contributed by atoms with Crippen LogP contribution in [-0.4, -0.2) is 35.6 Å². The number of nitrogens with zero attached hydrogens (tertiary/aromatic N) is 2. The van der Waals surface area contributed by atoms with Crippen LogP contribution in [0.1, 0.15) is 71.4 Å². The number of carbonyl (C=O) groups excluding carboxylic acids is 2. The monoisotopic (exact) mass is 597 g/mol. The van der Waals surface area contributed by atoms with Gasteiger partial charge in [-0.05, 0) is 74.4 Å². The summed E-state index contributed by atoms with van der Waals surface area (Å²) in [6.07, 6.45) is 6.03. The first kappa shape index (κ1) is 32.1. The smallest absolute Gasteiger partial charge is 0.548 e. The minimum Gasteiger partial charge on any atom is -0.548 e. The number of aryl methyl sites for hydroxylation is 2. The maximum atomic E-state index is 13.6. The number of carboxylic acid groups (broad SMARTS) is 1. The standard InChI is InChI=1S/C32H37N3O5S.Na/c1-18-11-12-24-22(13-18)15-25(35(24)17-28(36)37)31(38)34-32-33-29(23-16-26(39-4)19(2)14-27(23)40-5)30(41-32)20(3)21-9-7-6-8-10-21;/h11-16,20-21H,6-10,17H2,1-5H3,(H,36,37)(H,33,34,38);/q;+1/p-1. The normalized spacial score (nSPS) is 14.3. The topological polar surface area (TPSA) is 106 Å². The molecule has 0 aliphatic heterocycles. The SMILES string of the molecule is COc1cc(-c2nc(NC(=O)c3cc4cc(C)ccc4n3CC(=O)[O-])sc2C(C)C2CCCCC2)c(OC)cc1C.[Na+]. The number of aliphatic carboxylic acids is 1. The number of aromatic nitrogens is 2. The minimum atomic E-state index is -1.27. The number of anilines is 1. The van der Waals surface area contributed by atoms with Gasteiger partial charge in [0.15, 0.2) is 5.13 Å². The molecule has 10 heteroatoms. The number of fused-ring (bicyclic) bond motifs is 1. The zero-order valence-corrected chi connectivity index (χ0v) is 28.0. The van der Waals surface area contributed by atoms with Gasteiger partial charge in [0.1, 0.15) is 17.2 Å². The van der Waals surface area contributed by atoms with Crippen LogP contribution in [-0.2, 0) is 11.3 Å². The van der Waals surface area contributed by atoms with Crippen molar-refractivity contribution in [2.75, 3.05) is 19.5 Å². The first-order valence-electron chi connectivity index (χ1n) is 14.0. The number of benzene rings is 2. The summed E-state index contributed by atoms with van der Waals surface area (Å²) in [6, 6.07) is 11.3. The molecule has 2 heterocycles. The second-order valence-electron chi connectivity index (χ2n) is 10.9. The quantitative estimate of drug-likeness (QED) is 0.298. The van der Waals surface area contributed by atoms with E-state index in [1.807, 2.05) is 44.2 Å². The van der Waals surface area contributed by atoms with E-state index in [1.54, 1.807) is 20.3 Å². The first-order chi connectivity index (χ1) is 19.7. The summed E-state index contributed by atoms with van der Waals surface area (Å²) < 4.78 is 12.9. The molecular weight excluding hydrogens is 561 g/mol. The summed E-state index contributed by atoms with van der Waals surface area (Å²) in [7, 11) is 3.28. The summed E-state index contributed by atoms with van der Waals surface area (Å²) in [5, 5.41) is 15.8. The van der Waals surface area contributed by atoms with Crippen LogP contribution in [0.25, 0.3) is 22.2 Å². The van der Waals surface area contributed by atoms with Crippen LogP contribution in [0, 0.1) is 19.8 Å². The third-order valence-electron chi connectivity index (χ3n) is 8.19. The summed E-state index contributed by atoms with van der Waals surface area (Å²) in [5.41, 5.74) is 4.45. The molecule has 1 aliphatic carbocycles. The maximum Gasteiger partial charge on any atom is 1.00 e. The van der Waals surface area contributed by atoms with Crippen LogP contribution in [0.2, 0.25) is 0 Å². The molecule has 0 saturated heterocycles. The molecule has 1 saturated carbocycles. The fraction of sp³-hybridized carbons (Fsp3) is 0.406. The molecule has 0 bridgehead atoms. The van der Waals surface area contributed by atoms with Gasteiger partial charge in [0, 0.05) is 21.3 Å². The van der Waals surface area contributed by atoms with Gasteiger partial charge in [0.25, 0.3) is 5.91 Å². The maximum absolute atomic E-state index is 13.6. The van der Waals surface area contributed by atoms with Crippen molar-refractivity contribution >= 4 is 39.2 Å². The van der Waals surface area contributed by atoms with Gasteiger partial charge in [0.2, 0.25) is 0 Å². The Morgan fingerprint density at radius 2 is 1.79 bits per heavy atom. The molecule has 0 spiro atoms. The number of thiazole rings is 1. The number of carbonyl (C=O) groups is 2. The Balaban J connectivity index is 0.00000405.